The lowest BCUT2D eigenvalue weighted by Crippen LogP contribution is -2.07. The van der Waals surface area contributed by atoms with Gasteiger partial charge in [0.2, 0.25) is 0 Å². The summed E-state index contributed by atoms with van der Waals surface area (Å²) in [6, 6.07) is 21.9. The predicted octanol–water partition coefficient (Wildman–Crippen LogP) is 8.42. The molecule has 4 nitrogen and oxygen atoms in total. The molecule has 0 aliphatic rings. The van der Waals surface area contributed by atoms with Crippen molar-refractivity contribution in [2.45, 2.75) is 48.1 Å². The maximum Gasteiger partial charge on any atom is 0.338 e. The Hall–Kier alpha value is -3.50. The SMILES string of the molecule is CC.COC(=O)c1cc(-n2c(C)ccc2-c2cc(Cl)ccc2OCc2ccc(C)cc2C)ccc1C. The van der Waals surface area contributed by atoms with E-state index in [4.69, 9.17) is 21.1 Å². The molecule has 0 saturated carbocycles. The number of nitrogens with zero attached hydrogens (tertiary/aromatic N) is 1. The summed E-state index contributed by atoms with van der Waals surface area (Å²) in [6.07, 6.45) is 0. The molecule has 0 radical (unpaired) electrons. The third-order valence-electron chi connectivity index (χ3n) is 6.06. The zero-order valence-corrected chi connectivity index (χ0v) is 22.9. The number of hydrogen-bond acceptors (Lipinski definition) is 3. The van der Waals surface area contributed by atoms with Crippen molar-refractivity contribution in [3.8, 4) is 22.7 Å². The number of aromatic nitrogens is 1. The Morgan fingerprint density at radius 1 is 0.861 bits per heavy atom. The van der Waals surface area contributed by atoms with Crippen molar-refractivity contribution in [1.29, 1.82) is 0 Å². The van der Waals surface area contributed by atoms with Crippen molar-refractivity contribution >= 4 is 17.6 Å². The van der Waals surface area contributed by atoms with E-state index in [1.165, 1.54) is 18.2 Å². The molecule has 0 bridgehead atoms. The Morgan fingerprint density at radius 2 is 1.61 bits per heavy atom. The number of halogens is 1. The zero-order valence-electron chi connectivity index (χ0n) is 22.1. The molecule has 188 valence electrons. The molecule has 0 aliphatic carbocycles. The van der Waals surface area contributed by atoms with Crippen LogP contribution >= 0.6 is 11.6 Å². The molecule has 0 unspecified atom stereocenters. The molecular weight excluding hydrogens is 470 g/mol. The first-order valence-electron chi connectivity index (χ1n) is 12.1. The molecule has 3 aromatic carbocycles. The van der Waals surface area contributed by atoms with Gasteiger partial charge >= 0.3 is 5.97 Å². The second kappa shape index (κ2) is 12.0. The van der Waals surface area contributed by atoms with Gasteiger partial charge in [-0.1, -0.05) is 55.3 Å². The normalized spacial score (nSPS) is 10.4. The third-order valence-corrected chi connectivity index (χ3v) is 6.29. The van der Waals surface area contributed by atoms with Crippen LogP contribution < -0.4 is 4.74 Å². The van der Waals surface area contributed by atoms with Gasteiger partial charge in [0.15, 0.2) is 0 Å². The van der Waals surface area contributed by atoms with E-state index in [1.54, 1.807) is 0 Å². The van der Waals surface area contributed by atoms with Crippen molar-refractivity contribution < 1.29 is 14.3 Å². The average Bonchev–Trinajstić information content (AvgIpc) is 3.26. The molecule has 4 aromatic rings. The van der Waals surface area contributed by atoms with Crippen LogP contribution in [0.5, 0.6) is 5.75 Å². The van der Waals surface area contributed by atoms with Crippen LogP contribution in [-0.4, -0.2) is 17.6 Å². The quantitative estimate of drug-likeness (QED) is 0.248. The number of benzene rings is 3. The number of hydrogen-bond donors (Lipinski definition) is 0. The highest BCUT2D eigenvalue weighted by atomic mass is 35.5. The summed E-state index contributed by atoms with van der Waals surface area (Å²) in [7, 11) is 1.39. The summed E-state index contributed by atoms with van der Waals surface area (Å²) in [5.74, 6) is 0.384. The zero-order chi connectivity index (χ0) is 26.4. The van der Waals surface area contributed by atoms with E-state index in [-0.39, 0.29) is 5.97 Å². The summed E-state index contributed by atoms with van der Waals surface area (Å²) in [4.78, 5) is 12.3. The summed E-state index contributed by atoms with van der Waals surface area (Å²) < 4.78 is 13.4. The minimum absolute atomic E-state index is 0.356. The second-order valence-electron chi connectivity index (χ2n) is 8.55. The highest BCUT2D eigenvalue weighted by Gasteiger charge is 2.17. The number of carbonyl (C=O) groups is 1. The standard InChI is InChI=1S/C29H28ClNO3.C2H6/c1-18-6-9-22(20(3)14-18)17-34-28-13-10-23(30)15-26(28)27-12-8-21(4)31(27)24-11-7-19(2)25(16-24)29(32)33-5;1-2/h6-16H,17H2,1-5H3;1-2H3. The van der Waals surface area contributed by atoms with Gasteiger partial charge in [0.1, 0.15) is 12.4 Å². The van der Waals surface area contributed by atoms with Gasteiger partial charge < -0.3 is 14.0 Å². The second-order valence-corrected chi connectivity index (χ2v) is 8.98. The molecule has 0 saturated heterocycles. The van der Waals surface area contributed by atoms with Gasteiger partial charge in [-0.25, -0.2) is 4.79 Å². The van der Waals surface area contributed by atoms with E-state index < -0.39 is 0 Å². The number of carbonyl (C=O) groups excluding carboxylic acids is 1. The highest BCUT2D eigenvalue weighted by Crippen LogP contribution is 2.36. The maximum atomic E-state index is 12.3. The Labute approximate surface area is 219 Å². The van der Waals surface area contributed by atoms with Crippen LogP contribution in [0.4, 0.5) is 0 Å². The third kappa shape index (κ3) is 5.83. The van der Waals surface area contributed by atoms with Gasteiger partial charge in [-0.2, -0.15) is 0 Å². The molecule has 4 rings (SSSR count). The first kappa shape index (κ1) is 27.1. The van der Waals surface area contributed by atoms with Crippen LogP contribution in [0, 0.1) is 27.7 Å². The van der Waals surface area contributed by atoms with Gasteiger partial charge in [0, 0.05) is 22.0 Å². The van der Waals surface area contributed by atoms with Crippen LogP contribution in [0.25, 0.3) is 16.9 Å². The van der Waals surface area contributed by atoms with Crippen molar-refractivity contribution in [3.63, 3.8) is 0 Å². The first-order valence-corrected chi connectivity index (χ1v) is 12.5. The monoisotopic (exact) mass is 503 g/mol. The Balaban J connectivity index is 0.00000176. The largest absolute Gasteiger partial charge is 0.488 e. The molecule has 0 atom stereocenters. The molecule has 1 aromatic heterocycles. The average molecular weight is 504 g/mol. The minimum atomic E-state index is -0.356. The van der Waals surface area contributed by atoms with E-state index in [9.17, 15) is 4.79 Å². The molecular formula is C31H34ClNO3. The van der Waals surface area contributed by atoms with E-state index in [0.29, 0.717) is 17.2 Å². The number of aryl methyl sites for hydroxylation is 4. The lowest BCUT2D eigenvalue weighted by Gasteiger charge is -2.17. The molecule has 0 amide bonds. The van der Waals surface area contributed by atoms with E-state index in [1.807, 2.05) is 76.2 Å². The molecule has 0 spiro atoms. The Kier molecular flexibility index (Phi) is 9.00. The number of rotatable bonds is 6. The fraction of sp³-hybridized carbons (Fsp3) is 0.258. The lowest BCUT2D eigenvalue weighted by molar-refractivity contribution is 0.0600. The van der Waals surface area contributed by atoms with Crippen LogP contribution in [-0.2, 0) is 11.3 Å². The van der Waals surface area contributed by atoms with Gasteiger partial charge in [-0.15, -0.1) is 0 Å². The van der Waals surface area contributed by atoms with E-state index >= 15 is 0 Å². The Bertz CT molecular complexity index is 1370. The molecule has 0 N–H and O–H groups in total. The lowest BCUT2D eigenvalue weighted by atomic mass is 10.1. The summed E-state index contributed by atoms with van der Waals surface area (Å²) in [6.45, 7) is 12.6. The van der Waals surface area contributed by atoms with Crippen LogP contribution in [0.1, 0.15) is 52.2 Å². The fourth-order valence-corrected chi connectivity index (χ4v) is 4.33. The van der Waals surface area contributed by atoms with Crippen molar-refractivity contribution in [2.75, 3.05) is 7.11 Å². The maximum absolute atomic E-state index is 12.3. The van der Waals surface area contributed by atoms with Gasteiger partial charge in [0.25, 0.3) is 0 Å². The van der Waals surface area contributed by atoms with Gasteiger partial charge in [0.05, 0.1) is 18.4 Å². The smallest absolute Gasteiger partial charge is 0.338 e. The number of esters is 1. The first-order chi connectivity index (χ1) is 17.3. The van der Waals surface area contributed by atoms with Crippen molar-refractivity contribution in [1.82, 2.24) is 4.57 Å². The summed E-state index contributed by atoms with van der Waals surface area (Å²) in [5.41, 5.74) is 8.66. The van der Waals surface area contributed by atoms with Crippen molar-refractivity contribution in [2.24, 2.45) is 0 Å². The molecule has 5 heteroatoms. The highest BCUT2D eigenvalue weighted by molar-refractivity contribution is 6.31. The summed E-state index contributed by atoms with van der Waals surface area (Å²) >= 11 is 6.41. The minimum Gasteiger partial charge on any atom is -0.488 e. The topological polar surface area (TPSA) is 40.5 Å². The fourth-order valence-electron chi connectivity index (χ4n) is 4.16. The Morgan fingerprint density at radius 3 is 2.31 bits per heavy atom. The van der Waals surface area contributed by atoms with Crippen LogP contribution in [0.2, 0.25) is 5.02 Å². The molecule has 0 fully saturated rings. The number of methoxy groups -OCH3 is 1. The van der Waals surface area contributed by atoms with Gasteiger partial charge in [-0.3, -0.25) is 0 Å². The van der Waals surface area contributed by atoms with Crippen LogP contribution in [0.3, 0.4) is 0 Å². The summed E-state index contributed by atoms with van der Waals surface area (Å²) in [5, 5.41) is 0.624. The van der Waals surface area contributed by atoms with E-state index in [2.05, 4.69) is 36.6 Å². The molecule has 36 heavy (non-hydrogen) atoms. The van der Waals surface area contributed by atoms with Crippen LogP contribution in [0.15, 0.2) is 66.7 Å². The molecule has 1 heterocycles. The number of ether oxygens (including phenoxy) is 2. The van der Waals surface area contributed by atoms with Gasteiger partial charge in [-0.05, 0) is 86.8 Å². The molecule has 0 aliphatic heterocycles. The van der Waals surface area contributed by atoms with E-state index in [0.717, 1.165) is 39.5 Å². The predicted molar refractivity (Wildman–Crippen MR) is 149 cm³/mol. The van der Waals surface area contributed by atoms with Crippen molar-refractivity contribution in [3.05, 3.63) is 105 Å².